The fraction of sp³-hybridized carbons (Fsp3) is 0.917. The molecule has 2 aliphatic heterocycles. The summed E-state index contributed by atoms with van der Waals surface area (Å²) in [5.74, 6) is 0.319. The Morgan fingerprint density at radius 1 is 1.33 bits per heavy atom. The van der Waals surface area contributed by atoms with Crippen molar-refractivity contribution in [2.24, 2.45) is 10.8 Å². The molecule has 3 nitrogen and oxygen atoms in total. The highest BCUT2D eigenvalue weighted by atomic mass is 16.2. The number of hydrogen-bond donors (Lipinski definition) is 1. The third kappa shape index (κ3) is 1.89. The van der Waals surface area contributed by atoms with Gasteiger partial charge in [0.2, 0.25) is 5.91 Å². The second kappa shape index (κ2) is 3.21. The standard InChI is InChI=1S/C12H22N2O/c1-11(2)7-13-10-12(3,4)6-5-9(15)14(10)8-11/h10,13H,5-8H2,1-4H3. The van der Waals surface area contributed by atoms with Crippen LogP contribution in [0.4, 0.5) is 0 Å². The van der Waals surface area contributed by atoms with Crippen molar-refractivity contribution in [3.63, 3.8) is 0 Å². The van der Waals surface area contributed by atoms with E-state index < -0.39 is 0 Å². The maximum Gasteiger partial charge on any atom is 0.223 e. The summed E-state index contributed by atoms with van der Waals surface area (Å²) in [6, 6.07) is 0. The van der Waals surface area contributed by atoms with Crippen LogP contribution in [0.1, 0.15) is 40.5 Å². The highest BCUT2D eigenvalue weighted by Crippen LogP contribution is 2.38. The first kappa shape index (κ1) is 10.9. The van der Waals surface area contributed by atoms with E-state index in [0.717, 1.165) is 19.5 Å². The molecule has 1 unspecified atom stereocenters. The molecule has 2 heterocycles. The van der Waals surface area contributed by atoms with Crippen LogP contribution in [0.15, 0.2) is 0 Å². The Bertz CT molecular complexity index is 283. The van der Waals surface area contributed by atoms with E-state index in [2.05, 4.69) is 33.0 Å². The van der Waals surface area contributed by atoms with E-state index >= 15 is 0 Å². The first-order valence-electron chi connectivity index (χ1n) is 5.85. The number of fused-ring (bicyclic) bond motifs is 1. The maximum absolute atomic E-state index is 11.9. The summed E-state index contributed by atoms with van der Waals surface area (Å²) in [4.78, 5) is 13.9. The average molecular weight is 210 g/mol. The van der Waals surface area contributed by atoms with E-state index in [1.54, 1.807) is 0 Å². The number of amides is 1. The highest BCUT2D eigenvalue weighted by molar-refractivity contribution is 5.77. The fourth-order valence-electron chi connectivity index (χ4n) is 2.73. The van der Waals surface area contributed by atoms with Gasteiger partial charge in [-0.25, -0.2) is 0 Å². The summed E-state index contributed by atoms with van der Waals surface area (Å²) >= 11 is 0. The van der Waals surface area contributed by atoms with Gasteiger partial charge < -0.3 is 4.90 Å². The summed E-state index contributed by atoms with van der Waals surface area (Å²) < 4.78 is 0. The number of carbonyl (C=O) groups excluding carboxylic acids is 1. The summed E-state index contributed by atoms with van der Waals surface area (Å²) in [5.41, 5.74) is 0.421. The van der Waals surface area contributed by atoms with Gasteiger partial charge in [0.25, 0.3) is 0 Å². The Morgan fingerprint density at radius 2 is 2.00 bits per heavy atom. The van der Waals surface area contributed by atoms with Crippen molar-refractivity contribution in [1.29, 1.82) is 0 Å². The number of carbonyl (C=O) groups is 1. The molecule has 1 N–H and O–H groups in total. The number of piperidine rings is 1. The summed E-state index contributed by atoms with van der Waals surface area (Å²) in [6.07, 6.45) is 1.95. The molecule has 0 radical (unpaired) electrons. The van der Waals surface area contributed by atoms with Crippen LogP contribution in [0.5, 0.6) is 0 Å². The molecule has 1 amide bonds. The predicted octanol–water partition coefficient (Wildman–Crippen LogP) is 1.59. The number of hydrogen-bond acceptors (Lipinski definition) is 2. The lowest BCUT2D eigenvalue weighted by Crippen LogP contribution is -2.66. The SMILES string of the molecule is CC1(C)CNC2N(C1)C(=O)CCC2(C)C. The number of nitrogens with zero attached hydrogens (tertiary/aromatic N) is 1. The zero-order chi connectivity index (χ0) is 11.3. The fourth-order valence-corrected chi connectivity index (χ4v) is 2.73. The van der Waals surface area contributed by atoms with Crippen molar-refractivity contribution >= 4 is 5.91 Å². The van der Waals surface area contributed by atoms with E-state index in [-0.39, 0.29) is 17.0 Å². The molecule has 2 fully saturated rings. The molecule has 2 aliphatic rings. The zero-order valence-electron chi connectivity index (χ0n) is 10.3. The van der Waals surface area contributed by atoms with Crippen LogP contribution in [-0.2, 0) is 4.79 Å². The monoisotopic (exact) mass is 210 g/mol. The smallest absolute Gasteiger partial charge is 0.223 e. The lowest BCUT2D eigenvalue weighted by Gasteiger charge is -2.53. The summed E-state index contributed by atoms with van der Waals surface area (Å²) in [7, 11) is 0. The van der Waals surface area contributed by atoms with Gasteiger partial charge in [-0.2, -0.15) is 0 Å². The number of rotatable bonds is 0. The van der Waals surface area contributed by atoms with Crippen LogP contribution in [0.3, 0.4) is 0 Å². The van der Waals surface area contributed by atoms with Crippen molar-refractivity contribution < 1.29 is 4.79 Å². The van der Waals surface area contributed by atoms with Gasteiger partial charge in [-0.05, 0) is 17.3 Å². The van der Waals surface area contributed by atoms with E-state index in [9.17, 15) is 4.79 Å². The van der Waals surface area contributed by atoms with Crippen LogP contribution in [0.25, 0.3) is 0 Å². The Kier molecular flexibility index (Phi) is 2.34. The molecule has 86 valence electrons. The molecule has 0 aromatic rings. The molecular formula is C12H22N2O. The minimum absolute atomic E-state index is 0.208. The van der Waals surface area contributed by atoms with Crippen LogP contribution in [-0.4, -0.2) is 30.1 Å². The first-order valence-corrected chi connectivity index (χ1v) is 5.85. The summed E-state index contributed by atoms with van der Waals surface area (Å²) in [5, 5.41) is 3.54. The molecule has 3 heteroatoms. The van der Waals surface area contributed by atoms with Crippen molar-refractivity contribution in [2.75, 3.05) is 13.1 Å². The molecule has 2 rings (SSSR count). The largest absolute Gasteiger partial charge is 0.326 e. The topological polar surface area (TPSA) is 32.3 Å². The Labute approximate surface area is 92.2 Å². The highest BCUT2D eigenvalue weighted by Gasteiger charge is 2.45. The number of nitrogens with one attached hydrogen (secondary N) is 1. The van der Waals surface area contributed by atoms with Crippen molar-refractivity contribution in [1.82, 2.24) is 10.2 Å². The van der Waals surface area contributed by atoms with Crippen molar-refractivity contribution in [3.8, 4) is 0 Å². The normalized spacial score (nSPS) is 33.7. The van der Waals surface area contributed by atoms with E-state index in [1.165, 1.54) is 0 Å². The van der Waals surface area contributed by atoms with E-state index in [0.29, 0.717) is 12.3 Å². The minimum atomic E-state index is 0.208. The van der Waals surface area contributed by atoms with Gasteiger partial charge in [0.05, 0.1) is 6.17 Å². The van der Waals surface area contributed by atoms with Crippen LogP contribution in [0.2, 0.25) is 0 Å². The third-order valence-electron chi connectivity index (χ3n) is 3.73. The molecule has 1 atom stereocenters. The Morgan fingerprint density at radius 3 is 2.67 bits per heavy atom. The molecule has 0 spiro atoms. The van der Waals surface area contributed by atoms with Crippen LogP contribution < -0.4 is 5.32 Å². The second-order valence-electron chi connectivity index (χ2n) is 6.46. The summed E-state index contributed by atoms with van der Waals surface area (Å²) in [6.45, 7) is 10.8. The molecular weight excluding hydrogens is 188 g/mol. The van der Waals surface area contributed by atoms with Crippen LogP contribution in [0, 0.1) is 10.8 Å². The lowest BCUT2D eigenvalue weighted by molar-refractivity contribution is -0.150. The molecule has 0 aliphatic carbocycles. The minimum Gasteiger partial charge on any atom is -0.326 e. The first-order chi connectivity index (χ1) is 6.82. The lowest BCUT2D eigenvalue weighted by atomic mass is 9.76. The molecule has 0 saturated carbocycles. The second-order valence-corrected chi connectivity index (χ2v) is 6.46. The van der Waals surface area contributed by atoms with Gasteiger partial charge in [0.1, 0.15) is 0 Å². The van der Waals surface area contributed by atoms with Gasteiger partial charge in [-0.3, -0.25) is 10.1 Å². The zero-order valence-corrected chi connectivity index (χ0v) is 10.3. The molecule has 15 heavy (non-hydrogen) atoms. The molecule has 0 aromatic heterocycles. The maximum atomic E-state index is 11.9. The predicted molar refractivity (Wildman–Crippen MR) is 60.3 cm³/mol. The molecule has 2 saturated heterocycles. The molecule has 0 aromatic carbocycles. The van der Waals surface area contributed by atoms with Gasteiger partial charge >= 0.3 is 0 Å². The Hall–Kier alpha value is -0.570. The van der Waals surface area contributed by atoms with Gasteiger partial charge in [-0.15, -0.1) is 0 Å². The quantitative estimate of drug-likeness (QED) is 0.658. The average Bonchev–Trinajstić information content (AvgIpc) is 2.10. The van der Waals surface area contributed by atoms with Gasteiger partial charge in [-0.1, -0.05) is 27.7 Å². The Balaban J connectivity index is 2.22. The van der Waals surface area contributed by atoms with Crippen LogP contribution >= 0.6 is 0 Å². The van der Waals surface area contributed by atoms with Crippen molar-refractivity contribution in [3.05, 3.63) is 0 Å². The van der Waals surface area contributed by atoms with Crippen molar-refractivity contribution in [2.45, 2.75) is 46.7 Å². The van der Waals surface area contributed by atoms with E-state index in [4.69, 9.17) is 0 Å². The molecule has 0 bridgehead atoms. The van der Waals surface area contributed by atoms with E-state index in [1.807, 2.05) is 4.90 Å². The van der Waals surface area contributed by atoms with Gasteiger partial charge in [0.15, 0.2) is 0 Å². The van der Waals surface area contributed by atoms with Gasteiger partial charge in [0, 0.05) is 19.5 Å². The third-order valence-corrected chi connectivity index (χ3v) is 3.73.